The molecule has 1 N–H and O–H groups in total. The van der Waals surface area contributed by atoms with Crippen molar-refractivity contribution >= 4 is 0 Å². The lowest BCUT2D eigenvalue weighted by Crippen LogP contribution is -2.41. The molecule has 0 radical (unpaired) electrons. The van der Waals surface area contributed by atoms with Crippen molar-refractivity contribution in [2.45, 2.75) is 39.7 Å². The minimum Gasteiger partial charge on any atom is -0.313 e. The minimum absolute atomic E-state index is 0.450. The third-order valence-electron chi connectivity index (χ3n) is 4.79. The van der Waals surface area contributed by atoms with Crippen molar-refractivity contribution in [3.05, 3.63) is 35.9 Å². The fourth-order valence-electron chi connectivity index (χ4n) is 3.29. The third-order valence-corrected chi connectivity index (χ3v) is 4.79. The topological polar surface area (TPSA) is 15.3 Å². The molecule has 2 rings (SSSR count). The summed E-state index contributed by atoms with van der Waals surface area (Å²) in [4.78, 5) is 2.64. The van der Waals surface area contributed by atoms with Crippen molar-refractivity contribution in [3.8, 4) is 0 Å². The lowest BCUT2D eigenvalue weighted by Gasteiger charge is -2.39. The van der Waals surface area contributed by atoms with Crippen molar-refractivity contribution in [2.75, 3.05) is 26.7 Å². The number of benzene rings is 1. The van der Waals surface area contributed by atoms with Gasteiger partial charge >= 0.3 is 0 Å². The Morgan fingerprint density at radius 2 is 1.75 bits per heavy atom. The van der Waals surface area contributed by atoms with E-state index in [0.29, 0.717) is 17.4 Å². The van der Waals surface area contributed by atoms with E-state index in [2.05, 4.69) is 68.4 Å². The molecule has 2 nitrogen and oxygen atoms in total. The first-order valence-electron chi connectivity index (χ1n) is 7.96. The maximum atomic E-state index is 3.50. The van der Waals surface area contributed by atoms with E-state index in [1.165, 1.54) is 38.0 Å². The highest BCUT2D eigenvalue weighted by molar-refractivity contribution is 5.19. The van der Waals surface area contributed by atoms with Gasteiger partial charge in [0.1, 0.15) is 0 Å². The van der Waals surface area contributed by atoms with Gasteiger partial charge < -0.3 is 10.2 Å². The molecular weight excluding hydrogens is 244 g/mol. The average molecular weight is 274 g/mol. The molecule has 20 heavy (non-hydrogen) atoms. The second kappa shape index (κ2) is 6.73. The molecule has 112 valence electrons. The molecule has 0 bridgehead atoms. The van der Waals surface area contributed by atoms with Gasteiger partial charge in [0.15, 0.2) is 0 Å². The highest BCUT2D eigenvalue weighted by Crippen LogP contribution is 2.31. The fraction of sp³-hybridized carbons (Fsp3) is 0.667. The number of hydrogen-bond donors (Lipinski definition) is 1. The lowest BCUT2D eigenvalue weighted by molar-refractivity contribution is 0.112. The summed E-state index contributed by atoms with van der Waals surface area (Å²) < 4.78 is 0. The van der Waals surface area contributed by atoms with Crippen LogP contribution in [0.2, 0.25) is 0 Å². The van der Waals surface area contributed by atoms with Gasteiger partial charge in [-0.25, -0.2) is 0 Å². The summed E-state index contributed by atoms with van der Waals surface area (Å²) in [5.41, 5.74) is 1.95. The van der Waals surface area contributed by atoms with Gasteiger partial charge in [-0.05, 0) is 49.9 Å². The van der Waals surface area contributed by atoms with Crippen molar-refractivity contribution in [1.29, 1.82) is 0 Å². The molecule has 0 aliphatic carbocycles. The zero-order valence-electron chi connectivity index (χ0n) is 13.5. The molecule has 0 amide bonds. The predicted molar refractivity (Wildman–Crippen MR) is 86.9 cm³/mol. The maximum absolute atomic E-state index is 3.50. The van der Waals surface area contributed by atoms with E-state index in [0.717, 1.165) is 0 Å². The number of hydrogen-bond acceptors (Lipinski definition) is 2. The SMILES string of the molecule is CNC(c1ccccc1)C(C)CN1CCC(C)(C)CC1. The number of rotatable bonds is 5. The highest BCUT2D eigenvalue weighted by atomic mass is 15.1. The Hall–Kier alpha value is -0.860. The van der Waals surface area contributed by atoms with Crippen LogP contribution in [0.3, 0.4) is 0 Å². The monoisotopic (exact) mass is 274 g/mol. The molecule has 1 saturated heterocycles. The van der Waals surface area contributed by atoms with Gasteiger partial charge in [0.25, 0.3) is 0 Å². The van der Waals surface area contributed by atoms with Gasteiger partial charge in [-0.1, -0.05) is 51.1 Å². The highest BCUT2D eigenvalue weighted by Gasteiger charge is 2.27. The quantitative estimate of drug-likeness (QED) is 0.880. The summed E-state index contributed by atoms with van der Waals surface area (Å²) in [6.45, 7) is 10.9. The summed E-state index contributed by atoms with van der Waals surface area (Å²) >= 11 is 0. The van der Waals surface area contributed by atoms with Gasteiger partial charge in [0.05, 0.1) is 0 Å². The fourth-order valence-corrected chi connectivity index (χ4v) is 3.29. The van der Waals surface area contributed by atoms with Crippen molar-refractivity contribution in [2.24, 2.45) is 11.3 Å². The number of nitrogens with zero attached hydrogens (tertiary/aromatic N) is 1. The van der Waals surface area contributed by atoms with E-state index < -0.39 is 0 Å². The Bertz CT molecular complexity index is 389. The second-order valence-electron chi connectivity index (χ2n) is 7.12. The zero-order valence-corrected chi connectivity index (χ0v) is 13.5. The molecule has 2 heteroatoms. The number of likely N-dealkylation sites (tertiary alicyclic amines) is 1. The first-order valence-corrected chi connectivity index (χ1v) is 7.96. The Morgan fingerprint density at radius 3 is 2.30 bits per heavy atom. The van der Waals surface area contributed by atoms with Gasteiger partial charge in [-0.15, -0.1) is 0 Å². The van der Waals surface area contributed by atoms with Gasteiger partial charge in [0.2, 0.25) is 0 Å². The Morgan fingerprint density at radius 1 is 1.15 bits per heavy atom. The third kappa shape index (κ3) is 4.07. The van der Waals surface area contributed by atoms with Crippen LogP contribution in [0.5, 0.6) is 0 Å². The molecular formula is C18H30N2. The summed E-state index contributed by atoms with van der Waals surface area (Å²) in [6, 6.07) is 11.3. The normalized spacial score (nSPS) is 22.4. The molecule has 0 aromatic heterocycles. The van der Waals surface area contributed by atoms with Crippen LogP contribution in [0.25, 0.3) is 0 Å². The van der Waals surface area contributed by atoms with Crippen LogP contribution in [-0.4, -0.2) is 31.6 Å². The first-order chi connectivity index (χ1) is 9.52. The summed E-state index contributed by atoms with van der Waals surface area (Å²) in [5, 5.41) is 3.50. The van der Waals surface area contributed by atoms with E-state index in [1.807, 2.05) is 0 Å². The molecule has 2 atom stereocenters. The van der Waals surface area contributed by atoms with Crippen LogP contribution >= 0.6 is 0 Å². The minimum atomic E-state index is 0.450. The standard InChI is InChI=1S/C18H30N2/c1-15(14-20-12-10-18(2,3)11-13-20)17(19-4)16-8-6-5-7-9-16/h5-9,15,17,19H,10-14H2,1-4H3. The van der Waals surface area contributed by atoms with E-state index in [1.54, 1.807) is 0 Å². The molecule has 1 aliphatic heterocycles. The predicted octanol–water partition coefficient (Wildman–Crippen LogP) is 3.71. The molecule has 0 spiro atoms. The smallest absolute Gasteiger partial charge is 0.0355 e. The van der Waals surface area contributed by atoms with Crippen LogP contribution < -0.4 is 5.32 Å². The van der Waals surface area contributed by atoms with Gasteiger partial charge in [0, 0.05) is 12.6 Å². The van der Waals surface area contributed by atoms with Crippen molar-refractivity contribution in [3.63, 3.8) is 0 Å². The maximum Gasteiger partial charge on any atom is 0.0355 e. The van der Waals surface area contributed by atoms with Crippen LogP contribution in [0.1, 0.15) is 45.2 Å². The lowest BCUT2D eigenvalue weighted by atomic mass is 9.82. The average Bonchev–Trinajstić information content (AvgIpc) is 2.43. The second-order valence-corrected chi connectivity index (χ2v) is 7.12. The Labute approximate surface area is 124 Å². The van der Waals surface area contributed by atoms with Crippen LogP contribution in [0, 0.1) is 11.3 Å². The van der Waals surface area contributed by atoms with E-state index >= 15 is 0 Å². The zero-order chi connectivity index (χ0) is 14.6. The summed E-state index contributed by atoms with van der Waals surface area (Å²) in [7, 11) is 2.08. The molecule has 1 fully saturated rings. The summed E-state index contributed by atoms with van der Waals surface area (Å²) in [6.07, 6.45) is 2.66. The molecule has 1 aromatic carbocycles. The van der Waals surface area contributed by atoms with Crippen molar-refractivity contribution < 1.29 is 0 Å². The van der Waals surface area contributed by atoms with Crippen LogP contribution in [0.4, 0.5) is 0 Å². The van der Waals surface area contributed by atoms with E-state index in [9.17, 15) is 0 Å². The van der Waals surface area contributed by atoms with E-state index in [-0.39, 0.29) is 0 Å². The Kier molecular flexibility index (Phi) is 5.22. The van der Waals surface area contributed by atoms with Gasteiger partial charge in [-0.3, -0.25) is 0 Å². The van der Waals surface area contributed by atoms with Crippen molar-refractivity contribution in [1.82, 2.24) is 10.2 Å². The summed E-state index contributed by atoms with van der Waals surface area (Å²) in [5.74, 6) is 0.628. The molecule has 1 heterocycles. The largest absolute Gasteiger partial charge is 0.313 e. The van der Waals surface area contributed by atoms with Gasteiger partial charge in [-0.2, -0.15) is 0 Å². The van der Waals surface area contributed by atoms with E-state index in [4.69, 9.17) is 0 Å². The molecule has 1 aromatic rings. The molecule has 2 unspecified atom stereocenters. The molecule has 1 aliphatic rings. The van der Waals surface area contributed by atoms with Crippen LogP contribution in [0.15, 0.2) is 30.3 Å². The Balaban J connectivity index is 1.92. The van der Waals surface area contributed by atoms with Crippen LogP contribution in [-0.2, 0) is 0 Å². The molecule has 0 saturated carbocycles. The number of piperidine rings is 1. The number of nitrogens with one attached hydrogen (secondary N) is 1. The first kappa shape index (κ1) is 15.5.